The van der Waals surface area contributed by atoms with Crippen molar-refractivity contribution in [1.82, 2.24) is 14.7 Å². The predicted molar refractivity (Wildman–Crippen MR) is 129 cm³/mol. The van der Waals surface area contributed by atoms with Crippen LogP contribution in [0.3, 0.4) is 0 Å². The van der Waals surface area contributed by atoms with Gasteiger partial charge in [-0.15, -0.1) is 0 Å². The number of hydrogen-bond donors (Lipinski definition) is 1. The van der Waals surface area contributed by atoms with E-state index in [-0.39, 0.29) is 24.2 Å². The third-order valence-electron chi connectivity index (χ3n) is 5.37. The van der Waals surface area contributed by atoms with Crippen LogP contribution in [-0.2, 0) is 9.59 Å². The summed E-state index contributed by atoms with van der Waals surface area (Å²) in [7, 11) is 0. The molecule has 7 heteroatoms. The number of hydrogen-bond acceptors (Lipinski definition) is 3. The number of para-hydroxylation sites is 1. The third kappa shape index (κ3) is 5.94. The van der Waals surface area contributed by atoms with Crippen LogP contribution in [-0.4, -0.2) is 39.6 Å². The fourth-order valence-corrected chi connectivity index (χ4v) is 3.60. The number of aromatic nitrogens is 2. The van der Waals surface area contributed by atoms with Gasteiger partial charge in [0.2, 0.25) is 11.8 Å². The molecular weight excluding hydrogens is 419 g/mol. The maximum Gasteiger partial charge on any atom is 0.247 e. The standard InChI is InChI=1S/C26H29FN4O2/c1-5-16-30(17-25(32)28-24-9-7-6-8-18(24)2)26(33)15-14-23-19(3)29-31(20(23)4)22-12-10-21(27)11-13-22/h6-15H,5,16-17H2,1-4H3,(H,28,32)/b15-14+. The van der Waals surface area contributed by atoms with Gasteiger partial charge in [0.05, 0.1) is 11.4 Å². The summed E-state index contributed by atoms with van der Waals surface area (Å²) in [6.07, 6.45) is 3.93. The highest BCUT2D eigenvalue weighted by atomic mass is 19.1. The van der Waals surface area contributed by atoms with Crippen LogP contribution in [0.25, 0.3) is 11.8 Å². The van der Waals surface area contributed by atoms with Gasteiger partial charge >= 0.3 is 0 Å². The number of carbonyl (C=O) groups is 2. The molecule has 0 spiro atoms. The molecule has 0 atom stereocenters. The van der Waals surface area contributed by atoms with E-state index < -0.39 is 0 Å². The summed E-state index contributed by atoms with van der Waals surface area (Å²) >= 11 is 0. The summed E-state index contributed by atoms with van der Waals surface area (Å²) in [6, 6.07) is 13.6. The maximum atomic E-state index is 13.3. The number of halogens is 1. The van der Waals surface area contributed by atoms with E-state index in [0.717, 1.165) is 40.3 Å². The number of carbonyl (C=O) groups excluding carboxylic acids is 2. The molecule has 0 saturated heterocycles. The van der Waals surface area contributed by atoms with E-state index in [4.69, 9.17) is 0 Å². The minimum Gasteiger partial charge on any atom is -0.330 e. The largest absolute Gasteiger partial charge is 0.330 e. The van der Waals surface area contributed by atoms with E-state index >= 15 is 0 Å². The minimum atomic E-state index is -0.312. The molecule has 1 aromatic heterocycles. The van der Waals surface area contributed by atoms with Crippen molar-refractivity contribution < 1.29 is 14.0 Å². The molecule has 33 heavy (non-hydrogen) atoms. The van der Waals surface area contributed by atoms with E-state index in [0.29, 0.717) is 6.54 Å². The van der Waals surface area contributed by atoms with E-state index in [1.165, 1.54) is 23.1 Å². The van der Waals surface area contributed by atoms with Crippen molar-refractivity contribution in [3.8, 4) is 5.69 Å². The van der Waals surface area contributed by atoms with Crippen LogP contribution in [0.15, 0.2) is 54.6 Å². The van der Waals surface area contributed by atoms with Crippen LogP contribution < -0.4 is 5.32 Å². The number of nitrogens with one attached hydrogen (secondary N) is 1. The second kappa shape index (κ2) is 10.7. The molecule has 0 aliphatic rings. The summed E-state index contributed by atoms with van der Waals surface area (Å²) in [5.41, 5.74) is 4.84. The number of amides is 2. The Kier molecular flexibility index (Phi) is 7.77. The number of aryl methyl sites for hydroxylation is 2. The second-order valence-corrected chi connectivity index (χ2v) is 7.93. The van der Waals surface area contributed by atoms with Crippen LogP contribution in [0.1, 0.15) is 35.9 Å². The molecule has 3 aromatic rings. The lowest BCUT2D eigenvalue weighted by Crippen LogP contribution is -2.37. The van der Waals surface area contributed by atoms with Crippen LogP contribution in [0.2, 0.25) is 0 Å². The number of nitrogens with zero attached hydrogens (tertiary/aromatic N) is 3. The van der Waals surface area contributed by atoms with Gasteiger partial charge in [0.1, 0.15) is 12.4 Å². The molecule has 1 N–H and O–H groups in total. The van der Waals surface area contributed by atoms with Crippen LogP contribution >= 0.6 is 0 Å². The lowest BCUT2D eigenvalue weighted by Gasteiger charge is -2.20. The van der Waals surface area contributed by atoms with Crippen LogP contribution in [0.5, 0.6) is 0 Å². The summed E-state index contributed by atoms with van der Waals surface area (Å²) in [5, 5.41) is 7.40. The van der Waals surface area contributed by atoms with Crippen molar-refractivity contribution in [3.63, 3.8) is 0 Å². The molecule has 0 bridgehead atoms. The van der Waals surface area contributed by atoms with E-state index in [2.05, 4.69) is 10.4 Å². The first-order chi connectivity index (χ1) is 15.8. The first kappa shape index (κ1) is 23.9. The van der Waals surface area contributed by atoms with Crippen molar-refractivity contribution in [2.24, 2.45) is 0 Å². The summed E-state index contributed by atoms with van der Waals surface area (Å²) in [5.74, 6) is -0.797. The lowest BCUT2D eigenvalue weighted by molar-refractivity contribution is -0.130. The molecule has 0 aliphatic heterocycles. The number of anilines is 1. The minimum absolute atomic E-state index is 0.0296. The normalized spacial score (nSPS) is 11.1. The fourth-order valence-electron chi connectivity index (χ4n) is 3.60. The first-order valence-corrected chi connectivity index (χ1v) is 10.9. The Balaban J connectivity index is 1.73. The van der Waals surface area contributed by atoms with Crippen molar-refractivity contribution in [2.75, 3.05) is 18.4 Å². The highest BCUT2D eigenvalue weighted by Gasteiger charge is 2.16. The maximum absolute atomic E-state index is 13.3. The summed E-state index contributed by atoms with van der Waals surface area (Å²) in [6.45, 7) is 8.08. The van der Waals surface area contributed by atoms with Gasteiger partial charge < -0.3 is 10.2 Å². The molecule has 0 fully saturated rings. The lowest BCUT2D eigenvalue weighted by atomic mass is 10.1. The van der Waals surface area contributed by atoms with E-state index in [9.17, 15) is 14.0 Å². The molecule has 2 aromatic carbocycles. The topological polar surface area (TPSA) is 67.2 Å². The highest BCUT2D eigenvalue weighted by Crippen LogP contribution is 2.20. The monoisotopic (exact) mass is 448 g/mol. The Hall–Kier alpha value is -3.74. The molecular formula is C26H29FN4O2. The molecule has 0 aliphatic carbocycles. The second-order valence-electron chi connectivity index (χ2n) is 7.93. The molecule has 0 unspecified atom stereocenters. The van der Waals surface area contributed by atoms with Gasteiger partial charge in [-0.25, -0.2) is 9.07 Å². The third-order valence-corrected chi connectivity index (χ3v) is 5.37. The van der Waals surface area contributed by atoms with E-state index in [1.54, 1.807) is 22.9 Å². The molecule has 2 amide bonds. The molecule has 1 heterocycles. The Morgan fingerprint density at radius 3 is 2.45 bits per heavy atom. The molecule has 6 nitrogen and oxygen atoms in total. The average molecular weight is 449 g/mol. The van der Waals surface area contributed by atoms with Crippen molar-refractivity contribution in [2.45, 2.75) is 34.1 Å². The van der Waals surface area contributed by atoms with Gasteiger partial charge in [-0.05, 0) is 69.2 Å². The predicted octanol–water partition coefficient (Wildman–Crippen LogP) is 4.83. The van der Waals surface area contributed by atoms with Crippen molar-refractivity contribution in [3.05, 3.63) is 82.9 Å². The van der Waals surface area contributed by atoms with Crippen molar-refractivity contribution >= 4 is 23.6 Å². The summed E-state index contributed by atoms with van der Waals surface area (Å²) < 4.78 is 15.0. The van der Waals surface area contributed by atoms with Crippen molar-refractivity contribution in [1.29, 1.82) is 0 Å². The average Bonchev–Trinajstić information content (AvgIpc) is 3.07. The van der Waals surface area contributed by atoms with Gasteiger partial charge in [0.25, 0.3) is 0 Å². The number of benzene rings is 2. The SMILES string of the molecule is CCCN(CC(=O)Nc1ccccc1C)C(=O)/C=C/c1c(C)nn(-c2ccc(F)cc2)c1C. The molecule has 0 saturated carbocycles. The Morgan fingerprint density at radius 2 is 1.79 bits per heavy atom. The molecule has 0 radical (unpaired) electrons. The molecule has 172 valence electrons. The van der Waals surface area contributed by atoms with Gasteiger partial charge in [-0.2, -0.15) is 5.10 Å². The zero-order valence-electron chi connectivity index (χ0n) is 19.4. The van der Waals surface area contributed by atoms with Gasteiger partial charge in [0.15, 0.2) is 0 Å². The summed E-state index contributed by atoms with van der Waals surface area (Å²) in [4.78, 5) is 27.0. The Labute approximate surface area is 193 Å². The smallest absolute Gasteiger partial charge is 0.247 e. The Morgan fingerprint density at radius 1 is 1.09 bits per heavy atom. The zero-order chi connectivity index (χ0) is 24.0. The van der Waals surface area contributed by atoms with Gasteiger partial charge in [-0.1, -0.05) is 25.1 Å². The quantitative estimate of drug-likeness (QED) is 0.502. The highest BCUT2D eigenvalue weighted by molar-refractivity contribution is 5.98. The molecule has 3 rings (SSSR count). The van der Waals surface area contributed by atoms with Gasteiger partial charge in [-0.3, -0.25) is 9.59 Å². The first-order valence-electron chi connectivity index (χ1n) is 10.9. The Bertz CT molecular complexity index is 1170. The van der Waals surface area contributed by atoms with Crippen LogP contribution in [0, 0.1) is 26.6 Å². The van der Waals surface area contributed by atoms with E-state index in [1.807, 2.05) is 52.0 Å². The zero-order valence-corrected chi connectivity index (χ0v) is 19.4. The fraction of sp³-hybridized carbons (Fsp3) is 0.269. The van der Waals surface area contributed by atoms with Crippen LogP contribution in [0.4, 0.5) is 10.1 Å². The number of rotatable bonds is 8. The van der Waals surface area contributed by atoms with Gasteiger partial charge in [0, 0.05) is 29.6 Å².